The van der Waals surface area contributed by atoms with Crippen LogP contribution >= 0.6 is 0 Å². The normalized spacial score (nSPS) is 25.8. The molecule has 1 saturated heterocycles. The fourth-order valence-electron chi connectivity index (χ4n) is 8.28. The predicted molar refractivity (Wildman–Crippen MR) is 194 cm³/mol. The first-order valence-electron chi connectivity index (χ1n) is 18.2. The van der Waals surface area contributed by atoms with Gasteiger partial charge in [0.25, 0.3) is 0 Å². The van der Waals surface area contributed by atoms with Crippen LogP contribution < -0.4 is 10.6 Å². The molecule has 1 fully saturated rings. The highest BCUT2D eigenvalue weighted by molar-refractivity contribution is 5.82. The van der Waals surface area contributed by atoms with E-state index in [2.05, 4.69) is 10.6 Å². The Kier molecular flexibility index (Phi) is 10.4. The topological polar surface area (TPSA) is 117 Å². The van der Waals surface area contributed by atoms with Crippen molar-refractivity contribution in [3.05, 3.63) is 143 Å². The molecule has 0 saturated carbocycles. The first-order valence-corrected chi connectivity index (χ1v) is 18.2. The Morgan fingerprint density at radius 1 is 0.627 bits per heavy atom. The van der Waals surface area contributed by atoms with Crippen LogP contribution in [0, 0.1) is 11.8 Å². The van der Waals surface area contributed by atoms with E-state index in [1.54, 1.807) is 0 Å². The van der Waals surface area contributed by atoms with E-state index in [0.717, 1.165) is 33.4 Å². The van der Waals surface area contributed by atoms with Gasteiger partial charge in [-0.1, -0.05) is 109 Å². The van der Waals surface area contributed by atoms with E-state index in [9.17, 15) is 19.8 Å². The van der Waals surface area contributed by atoms with Gasteiger partial charge in [0, 0.05) is 12.8 Å². The zero-order valence-electron chi connectivity index (χ0n) is 29.3. The molecule has 0 bridgehead atoms. The molecule has 3 aliphatic rings. The summed E-state index contributed by atoms with van der Waals surface area (Å²) in [5, 5.41) is 28.5. The predicted octanol–water partition coefficient (Wildman–Crippen LogP) is 5.55. The van der Waals surface area contributed by atoms with Crippen molar-refractivity contribution in [3.63, 3.8) is 0 Å². The SMILES string of the molecule is CC1(C)O[C@@H]([C@@H](CCc2ccccc2)C(=O)N[C@H]2c3ccccc3C[C@H]2O)[C@H]([C@@H](CCc2ccccc2)C(=O)N[C@H]2c3ccccc3C[C@H]2O)O1. The number of fused-ring (bicyclic) bond motifs is 2. The number of aryl methyl sites for hydroxylation is 2. The van der Waals surface area contributed by atoms with E-state index in [4.69, 9.17) is 9.47 Å². The maximum Gasteiger partial charge on any atom is 0.226 e. The van der Waals surface area contributed by atoms with Crippen molar-refractivity contribution in [2.45, 2.75) is 94.7 Å². The third-order valence-electron chi connectivity index (χ3n) is 10.8. The number of benzene rings is 4. The third kappa shape index (κ3) is 7.80. The van der Waals surface area contributed by atoms with Crippen LogP contribution in [0.5, 0.6) is 0 Å². The molecule has 0 aromatic heterocycles. The number of ether oxygens (including phenoxy) is 2. The summed E-state index contributed by atoms with van der Waals surface area (Å²) < 4.78 is 13.3. The van der Waals surface area contributed by atoms with Crippen LogP contribution in [-0.2, 0) is 44.7 Å². The monoisotopic (exact) mass is 688 g/mol. The molecule has 0 unspecified atom stereocenters. The number of aliphatic hydroxyl groups excluding tert-OH is 2. The number of aliphatic hydroxyl groups is 2. The number of carbonyl (C=O) groups excluding carboxylic acids is 2. The summed E-state index contributed by atoms with van der Waals surface area (Å²) in [6.45, 7) is 3.65. The lowest BCUT2D eigenvalue weighted by molar-refractivity contribution is -0.158. The molecule has 8 nitrogen and oxygen atoms in total. The molecular formula is C43H48N2O6. The minimum absolute atomic E-state index is 0.245. The van der Waals surface area contributed by atoms with Crippen LogP contribution in [0.1, 0.15) is 72.2 Å². The zero-order chi connectivity index (χ0) is 35.5. The van der Waals surface area contributed by atoms with E-state index in [1.807, 2.05) is 123 Å². The van der Waals surface area contributed by atoms with Gasteiger partial charge in [0.15, 0.2) is 5.79 Å². The Bertz CT molecular complexity index is 1680. The van der Waals surface area contributed by atoms with Gasteiger partial charge >= 0.3 is 0 Å². The second kappa shape index (κ2) is 15.1. The molecule has 1 aliphatic heterocycles. The maximum absolute atomic E-state index is 14.6. The van der Waals surface area contributed by atoms with E-state index < -0.39 is 54.1 Å². The molecule has 4 N–H and O–H groups in total. The number of amides is 2. The summed E-state index contributed by atoms with van der Waals surface area (Å²) in [5.41, 5.74) is 6.03. The van der Waals surface area contributed by atoms with Crippen LogP contribution in [0.15, 0.2) is 109 Å². The van der Waals surface area contributed by atoms with Crippen molar-refractivity contribution in [2.75, 3.05) is 0 Å². The Morgan fingerprint density at radius 2 is 1.00 bits per heavy atom. The Morgan fingerprint density at radius 3 is 1.41 bits per heavy atom. The van der Waals surface area contributed by atoms with Gasteiger partial charge in [-0.3, -0.25) is 9.59 Å². The van der Waals surface area contributed by atoms with Crippen LogP contribution in [0.3, 0.4) is 0 Å². The Balaban J connectivity index is 1.21. The molecule has 0 spiro atoms. The largest absolute Gasteiger partial charge is 0.390 e. The summed E-state index contributed by atoms with van der Waals surface area (Å²) >= 11 is 0. The summed E-state index contributed by atoms with van der Waals surface area (Å²) in [6.07, 6.45) is 0.0287. The van der Waals surface area contributed by atoms with Gasteiger partial charge in [0.2, 0.25) is 11.8 Å². The highest BCUT2D eigenvalue weighted by atomic mass is 16.8. The first-order chi connectivity index (χ1) is 24.7. The molecule has 8 heteroatoms. The average molecular weight is 689 g/mol. The van der Waals surface area contributed by atoms with Gasteiger partial charge in [0.05, 0.1) is 48.3 Å². The molecule has 2 aliphatic carbocycles. The number of nitrogens with one attached hydrogen (secondary N) is 2. The van der Waals surface area contributed by atoms with Gasteiger partial charge in [-0.25, -0.2) is 0 Å². The molecule has 266 valence electrons. The number of hydrogen-bond donors (Lipinski definition) is 4. The fraction of sp³-hybridized carbons (Fsp3) is 0.395. The quantitative estimate of drug-likeness (QED) is 0.155. The fourth-order valence-corrected chi connectivity index (χ4v) is 8.28. The smallest absolute Gasteiger partial charge is 0.226 e. The Hall–Kier alpha value is -4.34. The van der Waals surface area contributed by atoms with E-state index in [-0.39, 0.29) is 11.8 Å². The number of rotatable bonds is 12. The number of hydrogen-bond acceptors (Lipinski definition) is 6. The van der Waals surface area contributed by atoms with Crippen molar-refractivity contribution < 1.29 is 29.3 Å². The van der Waals surface area contributed by atoms with Gasteiger partial charge in [-0.05, 0) is 72.9 Å². The Labute approximate surface area is 300 Å². The van der Waals surface area contributed by atoms with Crippen molar-refractivity contribution in [1.82, 2.24) is 10.6 Å². The second-order valence-electron chi connectivity index (χ2n) is 14.7. The van der Waals surface area contributed by atoms with Crippen LogP contribution in [-0.4, -0.2) is 52.2 Å². The van der Waals surface area contributed by atoms with Crippen LogP contribution in [0.2, 0.25) is 0 Å². The number of carbonyl (C=O) groups is 2. The maximum atomic E-state index is 14.6. The molecule has 7 rings (SSSR count). The van der Waals surface area contributed by atoms with E-state index in [1.165, 1.54) is 0 Å². The van der Waals surface area contributed by atoms with Crippen molar-refractivity contribution in [3.8, 4) is 0 Å². The van der Waals surface area contributed by atoms with Gasteiger partial charge < -0.3 is 30.3 Å². The molecule has 0 radical (unpaired) electrons. The zero-order valence-corrected chi connectivity index (χ0v) is 29.3. The molecule has 1 heterocycles. The second-order valence-corrected chi connectivity index (χ2v) is 14.7. The standard InChI is InChI=1S/C43H48N2O6/c1-43(2)50-39(33(23-21-27-13-5-3-6-14-27)41(48)44-37-31-19-11-9-17-29(31)25-35(37)46)40(51-43)34(24-22-28-15-7-4-8-16-28)42(49)45-38-32-20-12-10-18-30(32)26-36(38)47/h3-20,33-40,46-47H,21-26H2,1-2H3,(H,44,48)(H,45,49)/t33-,34-,35-,36-,37+,38+,39+,40+/m1/s1. The summed E-state index contributed by atoms with van der Waals surface area (Å²) in [7, 11) is 0. The molecule has 2 amide bonds. The highest BCUT2D eigenvalue weighted by Gasteiger charge is 2.52. The van der Waals surface area contributed by atoms with Crippen molar-refractivity contribution in [1.29, 1.82) is 0 Å². The average Bonchev–Trinajstić information content (AvgIpc) is 3.74. The lowest BCUT2D eigenvalue weighted by atomic mass is 9.82. The molecule has 4 aromatic carbocycles. The summed E-state index contributed by atoms with van der Waals surface area (Å²) in [6, 6.07) is 34.5. The van der Waals surface area contributed by atoms with Crippen LogP contribution in [0.25, 0.3) is 0 Å². The minimum atomic E-state index is -1.06. The van der Waals surface area contributed by atoms with E-state index in [0.29, 0.717) is 38.5 Å². The van der Waals surface area contributed by atoms with E-state index >= 15 is 0 Å². The summed E-state index contributed by atoms with van der Waals surface area (Å²) in [5.74, 6) is -2.94. The van der Waals surface area contributed by atoms with Crippen molar-refractivity contribution in [2.24, 2.45) is 11.8 Å². The molecular weight excluding hydrogens is 640 g/mol. The van der Waals surface area contributed by atoms with Gasteiger partial charge in [0.1, 0.15) is 0 Å². The minimum Gasteiger partial charge on any atom is -0.390 e. The highest BCUT2D eigenvalue weighted by Crippen LogP contribution is 2.41. The first kappa shape index (κ1) is 35.1. The van der Waals surface area contributed by atoms with Gasteiger partial charge in [-0.15, -0.1) is 0 Å². The lowest BCUT2D eigenvalue weighted by Crippen LogP contribution is -2.50. The molecule has 51 heavy (non-hydrogen) atoms. The molecule has 4 aromatic rings. The van der Waals surface area contributed by atoms with Crippen LogP contribution in [0.4, 0.5) is 0 Å². The molecule has 8 atom stereocenters. The lowest BCUT2D eigenvalue weighted by Gasteiger charge is -2.32. The summed E-state index contributed by atoms with van der Waals surface area (Å²) in [4.78, 5) is 29.1. The van der Waals surface area contributed by atoms with Crippen molar-refractivity contribution >= 4 is 11.8 Å². The third-order valence-corrected chi connectivity index (χ3v) is 10.8. The van der Waals surface area contributed by atoms with Gasteiger partial charge in [-0.2, -0.15) is 0 Å².